The van der Waals surface area contributed by atoms with Gasteiger partial charge < -0.3 is 10.1 Å². The maximum atomic E-state index is 12.9. The highest BCUT2D eigenvalue weighted by Gasteiger charge is 2.60. The number of nitrogens with zero attached hydrogens (tertiary/aromatic N) is 1. The molecular formula is C21H32N2O4S. The molecule has 0 spiro atoms. The van der Waals surface area contributed by atoms with Crippen LogP contribution in [0, 0.1) is 17.3 Å². The van der Waals surface area contributed by atoms with Crippen LogP contribution in [0.3, 0.4) is 0 Å². The van der Waals surface area contributed by atoms with Crippen LogP contribution in [0.25, 0.3) is 0 Å². The van der Waals surface area contributed by atoms with E-state index >= 15 is 0 Å². The number of carbonyl (C=O) groups excluding carboxylic acids is 1. The first-order valence-electron chi connectivity index (χ1n) is 9.64. The van der Waals surface area contributed by atoms with Gasteiger partial charge in [0.15, 0.2) is 0 Å². The van der Waals surface area contributed by atoms with Crippen molar-refractivity contribution in [3.05, 3.63) is 29.8 Å². The van der Waals surface area contributed by atoms with Crippen LogP contribution in [-0.2, 0) is 14.8 Å². The van der Waals surface area contributed by atoms with Crippen LogP contribution >= 0.6 is 0 Å². The number of amides is 1. The van der Waals surface area contributed by atoms with E-state index in [9.17, 15) is 13.2 Å². The topological polar surface area (TPSA) is 75.7 Å². The van der Waals surface area contributed by atoms with E-state index in [0.29, 0.717) is 24.5 Å². The smallest absolute Gasteiger partial charge is 0.243 e. The molecule has 0 saturated heterocycles. The molecule has 0 aromatic heterocycles. The van der Waals surface area contributed by atoms with Gasteiger partial charge in [-0.15, -0.1) is 0 Å². The molecule has 1 saturated carbocycles. The maximum absolute atomic E-state index is 12.9. The van der Waals surface area contributed by atoms with Crippen molar-refractivity contribution in [2.24, 2.45) is 17.3 Å². The van der Waals surface area contributed by atoms with Gasteiger partial charge in [-0.3, -0.25) is 4.79 Å². The predicted molar refractivity (Wildman–Crippen MR) is 112 cm³/mol. The van der Waals surface area contributed by atoms with E-state index in [0.717, 1.165) is 0 Å². The molecule has 1 amide bonds. The third-order valence-corrected chi connectivity index (χ3v) is 7.52. The second-order valence-electron chi connectivity index (χ2n) is 8.01. The number of benzene rings is 1. The molecule has 6 nitrogen and oxygen atoms in total. The Labute approximate surface area is 169 Å². The van der Waals surface area contributed by atoms with Crippen molar-refractivity contribution in [3.8, 4) is 5.75 Å². The minimum absolute atomic E-state index is 0.122. The number of rotatable bonds is 8. The lowest BCUT2D eigenvalue weighted by molar-refractivity contribution is -0.118. The average molecular weight is 409 g/mol. The van der Waals surface area contributed by atoms with Crippen LogP contribution < -0.4 is 10.1 Å². The first-order valence-corrected chi connectivity index (χ1v) is 11.1. The number of ether oxygens (including phenoxy) is 1. The van der Waals surface area contributed by atoms with Crippen molar-refractivity contribution >= 4 is 21.6 Å². The SMILES string of the molecule is CCN(CC)S(=O)(=O)c1ccc(OC)c(NC(=O)C2C(C=C(C)C)C2(C)C)c1. The summed E-state index contributed by atoms with van der Waals surface area (Å²) in [7, 11) is -2.13. The van der Waals surface area contributed by atoms with Crippen LogP contribution in [0.5, 0.6) is 5.75 Å². The minimum Gasteiger partial charge on any atom is -0.495 e. The minimum atomic E-state index is -3.62. The Hall–Kier alpha value is -1.86. The number of methoxy groups -OCH3 is 1. The van der Waals surface area contributed by atoms with E-state index in [-0.39, 0.29) is 28.1 Å². The second-order valence-corrected chi connectivity index (χ2v) is 9.95. The van der Waals surface area contributed by atoms with Crippen molar-refractivity contribution in [2.45, 2.75) is 46.4 Å². The fraction of sp³-hybridized carbons (Fsp3) is 0.571. The Balaban J connectivity index is 2.33. The maximum Gasteiger partial charge on any atom is 0.243 e. The Kier molecular flexibility index (Phi) is 6.61. The van der Waals surface area contributed by atoms with E-state index < -0.39 is 10.0 Å². The highest BCUT2D eigenvalue weighted by molar-refractivity contribution is 7.89. The van der Waals surface area contributed by atoms with Gasteiger partial charge in [0.25, 0.3) is 0 Å². The molecule has 0 bridgehead atoms. The van der Waals surface area contributed by atoms with Crippen LogP contribution in [0.1, 0.15) is 41.5 Å². The molecule has 2 rings (SSSR count). The fourth-order valence-corrected chi connectivity index (χ4v) is 5.20. The van der Waals surface area contributed by atoms with E-state index in [1.807, 2.05) is 13.8 Å². The normalized spacial score (nSPS) is 20.6. The molecule has 2 atom stereocenters. The summed E-state index contributed by atoms with van der Waals surface area (Å²) in [6.45, 7) is 12.5. The fourth-order valence-electron chi connectivity index (χ4n) is 3.72. The number of carbonyl (C=O) groups is 1. The van der Waals surface area contributed by atoms with Crippen molar-refractivity contribution in [1.82, 2.24) is 4.31 Å². The quantitative estimate of drug-likeness (QED) is 0.662. The van der Waals surface area contributed by atoms with Gasteiger partial charge in [0.05, 0.1) is 23.6 Å². The number of sulfonamides is 1. The van der Waals surface area contributed by atoms with Crippen LogP contribution in [0.15, 0.2) is 34.7 Å². The lowest BCUT2D eigenvalue weighted by Gasteiger charge is -2.19. The molecule has 2 unspecified atom stereocenters. The standard InChI is InChI=1S/C21H32N2O4S/c1-8-23(9-2)28(25,26)15-10-11-18(27-7)17(13-15)22-20(24)19-16(12-14(3)4)21(19,5)6/h10-13,16,19H,8-9H2,1-7H3,(H,22,24). The average Bonchev–Trinajstić information content (AvgIpc) is 3.15. The first-order chi connectivity index (χ1) is 13.0. The molecule has 28 heavy (non-hydrogen) atoms. The van der Waals surface area contributed by atoms with E-state index in [2.05, 4.69) is 25.2 Å². The van der Waals surface area contributed by atoms with Gasteiger partial charge in [0.2, 0.25) is 15.9 Å². The Morgan fingerprint density at radius 3 is 2.36 bits per heavy atom. The van der Waals surface area contributed by atoms with Crippen molar-refractivity contribution in [1.29, 1.82) is 0 Å². The van der Waals surface area contributed by atoms with Gasteiger partial charge >= 0.3 is 0 Å². The van der Waals surface area contributed by atoms with Gasteiger partial charge in [-0.25, -0.2) is 8.42 Å². The summed E-state index contributed by atoms with van der Waals surface area (Å²) in [6.07, 6.45) is 2.13. The molecule has 1 aliphatic carbocycles. The van der Waals surface area contributed by atoms with E-state index in [4.69, 9.17) is 4.74 Å². The summed E-state index contributed by atoms with van der Waals surface area (Å²) in [6, 6.07) is 4.57. The zero-order valence-corrected chi connectivity index (χ0v) is 18.7. The molecule has 1 aromatic rings. The van der Waals surface area contributed by atoms with Gasteiger partial charge in [0.1, 0.15) is 5.75 Å². The van der Waals surface area contributed by atoms with Gasteiger partial charge in [0, 0.05) is 13.1 Å². The Morgan fingerprint density at radius 1 is 1.25 bits per heavy atom. The summed E-state index contributed by atoms with van der Waals surface area (Å²) in [5.41, 5.74) is 1.43. The third kappa shape index (κ3) is 4.25. The Morgan fingerprint density at radius 2 is 1.86 bits per heavy atom. The number of anilines is 1. The largest absolute Gasteiger partial charge is 0.495 e. The first kappa shape index (κ1) is 22.4. The van der Waals surface area contributed by atoms with Gasteiger partial charge in [-0.2, -0.15) is 4.31 Å². The molecule has 1 aliphatic rings. The molecular weight excluding hydrogens is 376 g/mol. The van der Waals surface area contributed by atoms with Crippen molar-refractivity contribution < 1.29 is 17.9 Å². The summed E-state index contributed by atoms with van der Waals surface area (Å²) >= 11 is 0. The number of allylic oxidation sites excluding steroid dienone is 2. The van der Waals surface area contributed by atoms with Crippen LogP contribution in [0.2, 0.25) is 0 Å². The lowest BCUT2D eigenvalue weighted by Crippen LogP contribution is -2.30. The second kappa shape index (κ2) is 8.25. The van der Waals surface area contributed by atoms with E-state index in [1.165, 1.54) is 29.1 Å². The monoisotopic (exact) mass is 408 g/mol. The summed E-state index contributed by atoms with van der Waals surface area (Å²) < 4.78 is 32.4. The number of hydrogen-bond acceptors (Lipinski definition) is 4. The summed E-state index contributed by atoms with van der Waals surface area (Å²) in [5, 5.41) is 2.89. The lowest BCUT2D eigenvalue weighted by atomic mass is 10.1. The number of hydrogen-bond donors (Lipinski definition) is 1. The van der Waals surface area contributed by atoms with E-state index in [1.54, 1.807) is 19.9 Å². The molecule has 156 valence electrons. The highest BCUT2D eigenvalue weighted by atomic mass is 32.2. The van der Waals surface area contributed by atoms with Gasteiger partial charge in [-0.05, 0) is 43.4 Å². The molecule has 1 aromatic carbocycles. The molecule has 7 heteroatoms. The summed E-state index contributed by atoms with van der Waals surface area (Å²) in [5.74, 6) is 0.327. The van der Waals surface area contributed by atoms with Crippen LogP contribution in [-0.4, -0.2) is 38.8 Å². The molecule has 0 aliphatic heterocycles. The molecule has 1 fully saturated rings. The van der Waals surface area contributed by atoms with Crippen LogP contribution in [0.4, 0.5) is 5.69 Å². The Bertz CT molecular complexity index is 866. The van der Waals surface area contributed by atoms with Crippen molar-refractivity contribution in [2.75, 3.05) is 25.5 Å². The summed E-state index contributed by atoms with van der Waals surface area (Å²) in [4.78, 5) is 13.0. The molecule has 0 radical (unpaired) electrons. The highest BCUT2D eigenvalue weighted by Crippen LogP contribution is 2.59. The van der Waals surface area contributed by atoms with Gasteiger partial charge in [-0.1, -0.05) is 39.3 Å². The molecule has 1 N–H and O–H groups in total. The zero-order chi connectivity index (χ0) is 21.3. The number of nitrogens with one attached hydrogen (secondary N) is 1. The predicted octanol–water partition coefficient (Wildman–Crippen LogP) is 3.90. The van der Waals surface area contributed by atoms with Crippen molar-refractivity contribution in [3.63, 3.8) is 0 Å². The molecule has 0 heterocycles. The third-order valence-electron chi connectivity index (χ3n) is 5.48. The zero-order valence-electron chi connectivity index (χ0n) is 17.9.